The minimum atomic E-state index is 0.463. The average molecular weight is 404 g/mol. The van der Waals surface area contributed by atoms with Crippen LogP contribution < -0.4 is 0 Å². The Hall–Kier alpha value is -0.530. The lowest BCUT2D eigenvalue weighted by molar-refractivity contribution is 0.243. The Morgan fingerprint density at radius 1 is 0.586 bits per heavy atom. The quantitative estimate of drug-likeness (QED) is 0.453. The molecule has 0 aromatic rings. The third-order valence-electron chi connectivity index (χ3n) is 7.99. The van der Waals surface area contributed by atoms with Gasteiger partial charge in [0, 0.05) is 5.92 Å². The third kappa shape index (κ3) is 8.62. The molecule has 0 amide bonds. The fourth-order valence-corrected chi connectivity index (χ4v) is 5.94. The molecule has 3 aliphatic rings. The lowest BCUT2D eigenvalue weighted by Gasteiger charge is -2.21. The molecule has 0 bridgehead atoms. The zero-order chi connectivity index (χ0) is 20.2. The standard InChI is InChI=1S/C27H49NO/c1-23-16-11-9-10-14-20-25(21-15-17-23)27-28-26(22-29-27)24-18-12-7-5-3-2-4-6-8-13-19-24/h23-26H,2-22H2,1H3. The maximum atomic E-state index is 6.31. The van der Waals surface area contributed by atoms with Gasteiger partial charge >= 0.3 is 0 Å². The molecule has 0 aromatic heterocycles. The Labute approximate surface area is 181 Å². The molecule has 2 fully saturated rings. The second-order valence-electron chi connectivity index (χ2n) is 10.6. The highest BCUT2D eigenvalue weighted by Crippen LogP contribution is 2.31. The Morgan fingerprint density at radius 3 is 1.72 bits per heavy atom. The van der Waals surface area contributed by atoms with Gasteiger partial charge in [0.25, 0.3) is 0 Å². The molecule has 1 aliphatic heterocycles. The van der Waals surface area contributed by atoms with Crippen molar-refractivity contribution in [3.63, 3.8) is 0 Å². The van der Waals surface area contributed by atoms with E-state index in [1.165, 1.54) is 128 Å². The van der Waals surface area contributed by atoms with Crippen LogP contribution in [-0.2, 0) is 4.74 Å². The van der Waals surface area contributed by atoms with E-state index in [1.807, 2.05) is 0 Å². The van der Waals surface area contributed by atoms with Gasteiger partial charge in [0.2, 0.25) is 0 Å². The molecule has 0 N–H and O–H groups in total. The summed E-state index contributed by atoms with van der Waals surface area (Å²) in [7, 11) is 0. The average Bonchev–Trinajstić information content (AvgIpc) is 3.17. The van der Waals surface area contributed by atoms with Crippen molar-refractivity contribution in [1.82, 2.24) is 0 Å². The Kier molecular flexibility index (Phi) is 10.9. The van der Waals surface area contributed by atoms with Crippen molar-refractivity contribution in [3.05, 3.63) is 0 Å². The van der Waals surface area contributed by atoms with Gasteiger partial charge in [0.05, 0.1) is 6.04 Å². The second-order valence-corrected chi connectivity index (χ2v) is 10.6. The van der Waals surface area contributed by atoms with Crippen molar-refractivity contribution in [3.8, 4) is 0 Å². The lowest BCUT2D eigenvalue weighted by Crippen LogP contribution is -2.20. The highest BCUT2D eigenvalue weighted by Gasteiger charge is 2.30. The molecule has 168 valence electrons. The summed E-state index contributed by atoms with van der Waals surface area (Å²) in [6, 6.07) is 0.463. The molecule has 2 saturated carbocycles. The van der Waals surface area contributed by atoms with E-state index in [2.05, 4.69) is 6.92 Å². The van der Waals surface area contributed by atoms with Gasteiger partial charge in [-0.05, 0) is 37.5 Å². The van der Waals surface area contributed by atoms with Crippen LogP contribution in [0.3, 0.4) is 0 Å². The van der Waals surface area contributed by atoms with Crippen LogP contribution in [0.5, 0.6) is 0 Å². The van der Waals surface area contributed by atoms with Gasteiger partial charge in [-0.2, -0.15) is 0 Å². The SMILES string of the molecule is CC1CCCCCCC(C2=NC(C3CCCCCCCCCCC3)CO2)CCC1. The second kappa shape index (κ2) is 13.7. The molecule has 0 aromatic carbocycles. The van der Waals surface area contributed by atoms with Crippen LogP contribution in [0.1, 0.15) is 135 Å². The molecule has 3 rings (SSSR count). The summed E-state index contributed by atoms with van der Waals surface area (Å²) in [5.74, 6) is 3.45. The molecule has 2 aliphatic carbocycles. The molecule has 1 heterocycles. The van der Waals surface area contributed by atoms with Crippen LogP contribution in [0.4, 0.5) is 0 Å². The van der Waals surface area contributed by atoms with Crippen molar-refractivity contribution in [2.45, 2.75) is 141 Å². The Morgan fingerprint density at radius 2 is 1.07 bits per heavy atom. The van der Waals surface area contributed by atoms with Crippen LogP contribution in [-0.4, -0.2) is 18.5 Å². The van der Waals surface area contributed by atoms with Gasteiger partial charge in [0.1, 0.15) is 6.61 Å². The molecule has 0 radical (unpaired) electrons. The molecule has 3 atom stereocenters. The number of nitrogens with zero attached hydrogens (tertiary/aromatic N) is 1. The van der Waals surface area contributed by atoms with Crippen LogP contribution in [0.25, 0.3) is 0 Å². The number of hydrogen-bond donors (Lipinski definition) is 0. The zero-order valence-electron chi connectivity index (χ0n) is 19.5. The molecular formula is C27H49NO. The topological polar surface area (TPSA) is 21.6 Å². The van der Waals surface area contributed by atoms with Crippen LogP contribution in [0.2, 0.25) is 0 Å². The van der Waals surface area contributed by atoms with E-state index in [-0.39, 0.29) is 0 Å². The first-order chi connectivity index (χ1) is 14.3. The van der Waals surface area contributed by atoms with Crippen LogP contribution >= 0.6 is 0 Å². The van der Waals surface area contributed by atoms with Crippen molar-refractivity contribution >= 4 is 5.90 Å². The summed E-state index contributed by atoms with van der Waals surface area (Å²) in [5, 5.41) is 0. The van der Waals surface area contributed by atoms with E-state index in [0.717, 1.165) is 24.3 Å². The summed E-state index contributed by atoms with van der Waals surface area (Å²) < 4.78 is 6.31. The smallest absolute Gasteiger partial charge is 0.186 e. The third-order valence-corrected chi connectivity index (χ3v) is 7.99. The van der Waals surface area contributed by atoms with E-state index in [9.17, 15) is 0 Å². The Balaban J connectivity index is 1.55. The minimum Gasteiger partial charge on any atom is -0.478 e. The van der Waals surface area contributed by atoms with Gasteiger partial charge in [-0.25, -0.2) is 4.99 Å². The van der Waals surface area contributed by atoms with Gasteiger partial charge in [0.15, 0.2) is 5.90 Å². The van der Waals surface area contributed by atoms with Crippen LogP contribution in [0, 0.1) is 17.8 Å². The minimum absolute atomic E-state index is 0.463. The van der Waals surface area contributed by atoms with Gasteiger partial charge in [-0.3, -0.25) is 0 Å². The summed E-state index contributed by atoms with van der Waals surface area (Å²) in [4.78, 5) is 5.27. The largest absolute Gasteiger partial charge is 0.478 e. The molecule has 0 saturated heterocycles. The van der Waals surface area contributed by atoms with Crippen molar-refractivity contribution < 1.29 is 4.74 Å². The fraction of sp³-hybridized carbons (Fsp3) is 0.963. The monoisotopic (exact) mass is 403 g/mol. The highest BCUT2D eigenvalue weighted by molar-refractivity contribution is 5.80. The maximum absolute atomic E-state index is 6.31. The van der Waals surface area contributed by atoms with E-state index >= 15 is 0 Å². The summed E-state index contributed by atoms with van der Waals surface area (Å²) in [5.41, 5.74) is 0. The number of rotatable bonds is 2. The number of hydrogen-bond acceptors (Lipinski definition) is 2. The lowest BCUT2D eigenvalue weighted by atomic mass is 9.88. The van der Waals surface area contributed by atoms with E-state index in [1.54, 1.807) is 0 Å². The molecule has 2 heteroatoms. The van der Waals surface area contributed by atoms with Gasteiger partial charge in [-0.1, -0.05) is 110 Å². The highest BCUT2D eigenvalue weighted by atomic mass is 16.5. The van der Waals surface area contributed by atoms with Crippen molar-refractivity contribution in [2.24, 2.45) is 22.7 Å². The molecule has 29 heavy (non-hydrogen) atoms. The molecule has 2 nitrogen and oxygen atoms in total. The number of aliphatic imine (C=N–C) groups is 1. The maximum Gasteiger partial charge on any atom is 0.186 e. The van der Waals surface area contributed by atoms with Crippen molar-refractivity contribution in [1.29, 1.82) is 0 Å². The normalized spacial score (nSPS) is 32.9. The molecular weight excluding hydrogens is 354 g/mol. The van der Waals surface area contributed by atoms with Crippen LogP contribution in [0.15, 0.2) is 4.99 Å². The predicted molar refractivity (Wildman–Crippen MR) is 126 cm³/mol. The van der Waals surface area contributed by atoms with E-state index in [4.69, 9.17) is 9.73 Å². The summed E-state index contributed by atoms with van der Waals surface area (Å²) in [6.45, 7) is 3.34. The number of ether oxygens (including phenoxy) is 1. The summed E-state index contributed by atoms with van der Waals surface area (Å²) in [6.07, 6.45) is 28.2. The van der Waals surface area contributed by atoms with E-state index in [0.29, 0.717) is 12.0 Å². The van der Waals surface area contributed by atoms with Gasteiger partial charge in [-0.15, -0.1) is 0 Å². The first-order valence-electron chi connectivity index (χ1n) is 13.5. The first-order valence-corrected chi connectivity index (χ1v) is 13.5. The zero-order valence-corrected chi connectivity index (χ0v) is 19.5. The van der Waals surface area contributed by atoms with Crippen molar-refractivity contribution in [2.75, 3.05) is 6.61 Å². The molecule has 0 spiro atoms. The van der Waals surface area contributed by atoms with E-state index < -0.39 is 0 Å². The predicted octanol–water partition coefficient (Wildman–Crippen LogP) is 8.48. The Bertz CT molecular complexity index is 447. The van der Waals surface area contributed by atoms with Gasteiger partial charge < -0.3 is 4.74 Å². The fourth-order valence-electron chi connectivity index (χ4n) is 5.94. The molecule has 3 unspecified atom stereocenters. The summed E-state index contributed by atoms with van der Waals surface area (Å²) >= 11 is 0. The first kappa shape index (κ1) is 23.1.